The molecular formula is C27H37NO12. The summed E-state index contributed by atoms with van der Waals surface area (Å²) in [5.74, 6) is -2.02. The predicted octanol–water partition coefficient (Wildman–Crippen LogP) is 1.72. The van der Waals surface area contributed by atoms with Crippen LogP contribution in [-0.4, -0.2) is 84.4 Å². The van der Waals surface area contributed by atoms with Gasteiger partial charge in [-0.15, -0.1) is 0 Å². The maximum atomic E-state index is 12.9. The molecule has 2 fully saturated rings. The van der Waals surface area contributed by atoms with Crippen LogP contribution < -0.4 is 5.32 Å². The molecule has 0 radical (unpaired) electrons. The zero-order valence-electron chi connectivity index (χ0n) is 23.1. The minimum Gasteiger partial charge on any atom is -0.456 e. The fourth-order valence-electron chi connectivity index (χ4n) is 4.74. The molecule has 3 rings (SSSR count). The second kappa shape index (κ2) is 14.4. The highest BCUT2D eigenvalue weighted by Gasteiger charge is 2.54. The molecule has 2 N–H and O–H groups in total. The lowest BCUT2D eigenvalue weighted by Gasteiger charge is -2.46. The Balaban J connectivity index is 1.93. The van der Waals surface area contributed by atoms with Gasteiger partial charge in [0.1, 0.15) is 24.9 Å². The number of nitrogens with one attached hydrogen (secondary N) is 1. The Morgan fingerprint density at radius 2 is 1.35 bits per heavy atom. The lowest BCUT2D eigenvalue weighted by atomic mass is 9.94. The summed E-state index contributed by atoms with van der Waals surface area (Å²) in [5, 5.41) is 13.0. The van der Waals surface area contributed by atoms with Gasteiger partial charge in [0.05, 0.1) is 6.10 Å². The summed E-state index contributed by atoms with van der Waals surface area (Å²) < 4.78 is 39.6. The zero-order valence-corrected chi connectivity index (χ0v) is 23.1. The molecule has 40 heavy (non-hydrogen) atoms. The Hall–Kier alpha value is -3.26. The first-order valence-corrected chi connectivity index (χ1v) is 13.2. The summed E-state index contributed by atoms with van der Waals surface area (Å²) >= 11 is 0. The van der Waals surface area contributed by atoms with Crippen LogP contribution in [0.2, 0.25) is 0 Å². The Morgan fingerprint density at radius 3 is 1.93 bits per heavy atom. The van der Waals surface area contributed by atoms with Gasteiger partial charge in [-0.1, -0.05) is 44.2 Å². The molecular weight excluding hydrogens is 530 g/mol. The first-order valence-electron chi connectivity index (χ1n) is 13.2. The number of rotatable bonds is 10. The van der Waals surface area contributed by atoms with E-state index >= 15 is 0 Å². The van der Waals surface area contributed by atoms with Crippen LogP contribution in [0.4, 0.5) is 4.79 Å². The van der Waals surface area contributed by atoms with E-state index in [0.717, 1.165) is 5.56 Å². The van der Waals surface area contributed by atoms with Crippen molar-refractivity contribution in [2.75, 3.05) is 0 Å². The van der Waals surface area contributed by atoms with E-state index in [0.29, 0.717) is 12.8 Å². The van der Waals surface area contributed by atoms with Crippen LogP contribution in [0, 0.1) is 0 Å². The van der Waals surface area contributed by atoms with Gasteiger partial charge in [-0.05, 0) is 18.4 Å². The average molecular weight is 568 g/mol. The monoisotopic (exact) mass is 567 g/mol. The molecule has 2 aliphatic heterocycles. The molecule has 1 aromatic rings. The normalized spacial score (nSPS) is 31.6. The van der Waals surface area contributed by atoms with E-state index in [1.165, 1.54) is 20.8 Å². The quantitative estimate of drug-likeness (QED) is 0.311. The van der Waals surface area contributed by atoms with Crippen molar-refractivity contribution in [1.82, 2.24) is 5.32 Å². The van der Waals surface area contributed by atoms with Gasteiger partial charge in [-0.2, -0.15) is 0 Å². The maximum absolute atomic E-state index is 12.9. The number of aliphatic hydroxyl groups is 1. The summed E-state index contributed by atoms with van der Waals surface area (Å²) in [6.07, 6.45) is -9.04. The predicted molar refractivity (Wildman–Crippen MR) is 135 cm³/mol. The van der Waals surface area contributed by atoms with Crippen LogP contribution in [0.5, 0.6) is 0 Å². The summed E-state index contributed by atoms with van der Waals surface area (Å²) in [6, 6.07) is 7.72. The first kappa shape index (κ1) is 31.3. The van der Waals surface area contributed by atoms with Gasteiger partial charge in [-0.3, -0.25) is 14.4 Å². The van der Waals surface area contributed by atoms with Crippen LogP contribution in [0.15, 0.2) is 30.3 Å². The van der Waals surface area contributed by atoms with Crippen LogP contribution in [0.25, 0.3) is 0 Å². The molecule has 0 aliphatic carbocycles. The average Bonchev–Trinajstić information content (AvgIpc) is 3.19. The van der Waals surface area contributed by atoms with Crippen molar-refractivity contribution in [2.24, 2.45) is 0 Å². The highest BCUT2D eigenvalue weighted by molar-refractivity contribution is 5.69. The van der Waals surface area contributed by atoms with Crippen molar-refractivity contribution in [3.8, 4) is 0 Å². The van der Waals surface area contributed by atoms with Crippen molar-refractivity contribution < 1.29 is 57.4 Å². The molecule has 1 aromatic carbocycles. The Bertz CT molecular complexity index is 1020. The van der Waals surface area contributed by atoms with Gasteiger partial charge >= 0.3 is 24.0 Å². The van der Waals surface area contributed by atoms with E-state index in [9.17, 15) is 24.3 Å². The fourth-order valence-corrected chi connectivity index (χ4v) is 4.74. The number of aliphatic hydroxyl groups excluding tert-OH is 1. The third kappa shape index (κ3) is 8.13. The number of ether oxygens (including phenoxy) is 7. The summed E-state index contributed by atoms with van der Waals surface area (Å²) in [6.45, 7) is 7.06. The van der Waals surface area contributed by atoms with Crippen molar-refractivity contribution in [3.63, 3.8) is 0 Å². The Kier molecular flexibility index (Phi) is 11.3. The van der Waals surface area contributed by atoms with Crippen LogP contribution in [0.3, 0.4) is 0 Å². The largest absolute Gasteiger partial charge is 0.456 e. The van der Waals surface area contributed by atoms with Crippen LogP contribution in [-0.2, 0) is 54.1 Å². The number of carbonyl (C=O) groups excluding carboxylic acids is 4. The first-order chi connectivity index (χ1) is 19.0. The van der Waals surface area contributed by atoms with Gasteiger partial charge in [0, 0.05) is 20.8 Å². The molecule has 0 spiro atoms. The molecule has 222 valence electrons. The molecule has 2 saturated heterocycles. The Labute approximate surface area is 232 Å². The number of hydrogen-bond donors (Lipinski definition) is 2. The van der Waals surface area contributed by atoms with E-state index in [4.69, 9.17) is 33.2 Å². The van der Waals surface area contributed by atoms with Crippen molar-refractivity contribution in [2.45, 2.75) is 109 Å². The molecule has 2 aliphatic rings. The Morgan fingerprint density at radius 1 is 0.800 bits per heavy atom. The van der Waals surface area contributed by atoms with Gasteiger partial charge < -0.3 is 43.6 Å². The SMILES string of the molecule is CC[C@@H]1OC(O[C@@H]2[C@@H](CC)OC(O)[C@@H]2OC(C)=O)[C@H](NC(=O)OCc2ccccc2)[C@@H](OC(C)=O)[C@@H]1OC(C)=O. The number of carbonyl (C=O) groups is 4. The second-order valence-electron chi connectivity index (χ2n) is 9.48. The minimum absolute atomic E-state index is 0.0515. The topological polar surface area (TPSA) is 165 Å². The molecule has 2 heterocycles. The van der Waals surface area contributed by atoms with Gasteiger partial charge in [0.15, 0.2) is 30.9 Å². The van der Waals surface area contributed by atoms with E-state index in [1.807, 2.05) is 6.07 Å². The van der Waals surface area contributed by atoms with Gasteiger partial charge in [-0.25, -0.2) is 4.79 Å². The number of esters is 3. The smallest absolute Gasteiger partial charge is 0.407 e. The van der Waals surface area contributed by atoms with Crippen molar-refractivity contribution >= 4 is 24.0 Å². The number of amides is 1. The number of alkyl carbamates (subject to hydrolysis) is 1. The third-order valence-electron chi connectivity index (χ3n) is 6.43. The van der Waals surface area contributed by atoms with E-state index in [2.05, 4.69) is 5.32 Å². The second-order valence-corrected chi connectivity index (χ2v) is 9.48. The summed E-state index contributed by atoms with van der Waals surface area (Å²) in [5.41, 5.74) is 0.734. The van der Waals surface area contributed by atoms with E-state index in [1.54, 1.807) is 38.1 Å². The lowest BCUT2D eigenvalue weighted by molar-refractivity contribution is -0.290. The molecule has 13 nitrogen and oxygen atoms in total. The van der Waals surface area contributed by atoms with E-state index in [-0.39, 0.29) is 6.61 Å². The molecule has 0 aromatic heterocycles. The lowest BCUT2D eigenvalue weighted by Crippen LogP contribution is -2.66. The van der Waals surface area contributed by atoms with Gasteiger partial charge in [0.2, 0.25) is 0 Å². The number of benzene rings is 1. The molecule has 1 amide bonds. The fraction of sp³-hybridized carbons (Fsp3) is 0.630. The molecule has 2 unspecified atom stereocenters. The summed E-state index contributed by atoms with van der Waals surface area (Å²) in [4.78, 5) is 48.8. The highest BCUT2D eigenvalue weighted by Crippen LogP contribution is 2.34. The van der Waals surface area contributed by atoms with Crippen LogP contribution >= 0.6 is 0 Å². The molecule has 9 atom stereocenters. The van der Waals surface area contributed by atoms with Gasteiger partial charge in [0.25, 0.3) is 0 Å². The third-order valence-corrected chi connectivity index (χ3v) is 6.43. The molecule has 13 heteroatoms. The van der Waals surface area contributed by atoms with Crippen LogP contribution in [0.1, 0.15) is 53.0 Å². The van der Waals surface area contributed by atoms with E-state index < -0.39 is 79.2 Å². The number of hydrogen-bond acceptors (Lipinski definition) is 12. The van der Waals surface area contributed by atoms with Crippen molar-refractivity contribution in [1.29, 1.82) is 0 Å². The zero-order chi connectivity index (χ0) is 29.4. The molecule has 0 bridgehead atoms. The maximum Gasteiger partial charge on any atom is 0.407 e. The molecule has 0 saturated carbocycles. The highest BCUT2D eigenvalue weighted by atomic mass is 16.7. The van der Waals surface area contributed by atoms with Crippen molar-refractivity contribution in [3.05, 3.63) is 35.9 Å². The minimum atomic E-state index is -1.47. The standard InChI is InChI=1S/C27H37NO12/c1-6-18-22(24(25(32)38-18)37-16(5)31)40-26-20(28-27(33)34-13-17-11-9-8-10-12-17)23(36-15(4)30)21(35-14(3)29)19(7-2)39-26/h8-12,18-26,32H,6-7,13H2,1-5H3,(H,28,33)/t18-,19+,20-,21-,22-,23-,24-,25?,26?/m1/s1. The summed E-state index contributed by atoms with van der Waals surface area (Å²) in [7, 11) is 0.